The van der Waals surface area contributed by atoms with Crippen LogP contribution in [0.25, 0.3) is 6.08 Å². The van der Waals surface area contributed by atoms with Crippen molar-refractivity contribution in [3.63, 3.8) is 0 Å². The Kier molecular flexibility index (Phi) is 3.98. The smallest absolute Gasteiger partial charge is 0.140 e. The SMILES string of the molecule is COc1c(C)cc(/C=C/CN)cc1Cl. The van der Waals surface area contributed by atoms with Crippen molar-refractivity contribution >= 4 is 17.7 Å². The quantitative estimate of drug-likeness (QED) is 0.834. The highest BCUT2D eigenvalue weighted by molar-refractivity contribution is 6.32. The molecule has 1 rings (SSSR count). The van der Waals surface area contributed by atoms with Gasteiger partial charge in [-0.05, 0) is 30.2 Å². The molecule has 0 radical (unpaired) electrons. The maximum Gasteiger partial charge on any atom is 0.140 e. The molecule has 2 N–H and O–H groups in total. The standard InChI is InChI=1S/C11H14ClNO/c1-8-6-9(4-3-5-13)7-10(12)11(8)14-2/h3-4,6-7H,5,13H2,1-2H3/b4-3+. The zero-order chi connectivity index (χ0) is 10.6. The van der Waals surface area contributed by atoms with Crippen molar-refractivity contribution < 1.29 is 4.74 Å². The predicted molar refractivity (Wildman–Crippen MR) is 60.8 cm³/mol. The van der Waals surface area contributed by atoms with Crippen LogP contribution >= 0.6 is 11.6 Å². The molecular weight excluding hydrogens is 198 g/mol. The Bertz CT molecular complexity index is 324. The number of hydrogen-bond acceptors (Lipinski definition) is 2. The van der Waals surface area contributed by atoms with E-state index >= 15 is 0 Å². The van der Waals surface area contributed by atoms with Gasteiger partial charge >= 0.3 is 0 Å². The molecule has 0 aliphatic rings. The van der Waals surface area contributed by atoms with E-state index in [0.717, 1.165) is 16.9 Å². The molecule has 0 aliphatic carbocycles. The van der Waals surface area contributed by atoms with Crippen LogP contribution in [0.3, 0.4) is 0 Å². The van der Waals surface area contributed by atoms with Gasteiger partial charge in [-0.15, -0.1) is 0 Å². The molecule has 0 spiro atoms. The van der Waals surface area contributed by atoms with Gasteiger partial charge in [-0.3, -0.25) is 0 Å². The van der Waals surface area contributed by atoms with Gasteiger partial charge < -0.3 is 10.5 Å². The lowest BCUT2D eigenvalue weighted by atomic mass is 10.1. The van der Waals surface area contributed by atoms with Crippen molar-refractivity contribution in [3.05, 3.63) is 34.4 Å². The first kappa shape index (κ1) is 11.1. The number of methoxy groups -OCH3 is 1. The Labute approximate surface area is 89.3 Å². The van der Waals surface area contributed by atoms with E-state index in [0.29, 0.717) is 11.6 Å². The van der Waals surface area contributed by atoms with E-state index in [1.807, 2.05) is 31.2 Å². The summed E-state index contributed by atoms with van der Waals surface area (Å²) in [6, 6.07) is 3.87. The minimum absolute atomic E-state index is 0.530. The van der Waals surface area contributed by atoms with Crippen molar-refractivity contribution in [3.8, 4) is 5.75 Å². The molecule has 0 aliphatic heterocycles. The summed E-state index contributed by atoms with van der Waals surface area (Å²) in [4.78, 5) is 0. The molecule has 0 saturated heterocycles. The molecule has 76 valence electrons. The number of hydrogen-bond donors (Lipinski definition) is 1. The summed E-state index contributed by atoms with van der Waals surface area (Å²) in [5.74, 6) is 0.733. The van der Waals surface area contributed by atoms with Crippen LogP contribution in [0.4, 0.5) is 0 Å². The topological polar surface area (TPSA) is 35.2 Å². The first-order valence-corrected chi connectivity index (χ1v) is 4.77. The van der Waals surface area contributed by atoms with Crippen LogP contribution in [0.2, 0.25) is 5.02 Å². The average Bonchev–Trinajstić information content (AvgIpc) is 2.14. The minimum atomic E-state index is 0.530. The lowest BCUT2D eigenvalue weighted by Crippen LogP contribution is -1.93. The summed E-state index contributed by atoms with van der Waals surface area (Å²) < 4.78 is 5.15. The van der Waals surface area contributed by atoms with Gasteiger partial charge in [0.15, 0.2) is 0 Å². The van der Waals surface area contributed by atoms with Crippen LogP contribution in [0, 0.1) is 6.92 Å². The van der Waals surface area contributed by atoms with Crippen LogP contribution in [0.1, 0.15) is 11.1 Å². The Morgan fingerprint density at radius 1 is 1.50 bits per heavy atom. The molecule has 0 unspecified atom stereocenters. The average molecular weight is 212 g/mol. The van der Waals surface area contributed by atoms with E-state index in [-0.39, 0.29) is 0 Å². The first-order chi connectivity index (χ1) is 6.69. The second-order valence-electron chi connectivity index (χ2n) is 2.99. The Balaban J connectivity index is 3.07. The third-order valence-electron chi connectivity index (χ3n) is 1.90. The molecule has 0 amide bonds. The number of nitrogens with two attached hydrogens (primary N) is 1. The number of aryl methyl sites for hydroxylation is 1. The van der Waals surface area contributed by atoms with E-state index in [1.165, 1.54) is 0 Å². The molecule has 1 aromatic carbocycles. The highest BCUT2D eigenvalue weighted by Crippen LogP contribution is 2.29. The van der Waals surface area contributed by atoms with Crippen molar-refractivity contribution in [2.75, 3.05) is 13.7 Å². The van der Waals surface area contributed by atoms with Crippen LogP contribution in [-0.4, -0.2) is 13.7 Å². The van der Waals surface area contributed by atoms with Crippen molar-refractivity contribution in [1.29, 1.82) is 0 Å². The number of halogens is 1. The van der Waals surface area contributed by atoms with Crippen LogP contribution in [0.15, 0.2) is 18.2 Å². The van der Waals surface area contributed by atoms with Gasteiger partial charge in [0.25, 0.3) is 0 Å². The van der Waals surface area contributed by atoms with E-state index in [4.69, 9.17) is 22.1 Å². The minimum Gasteiger partial charge on any atom is -0.495 e. The number of ether oxygens (including phenoxy) is 1. The highest BCUT2D eigenvalue weighted by atomic mass is 35.5. The third-order valence-corrected chi connectivity index (χ3v) is 2.18. The summed E-state index contributed by atoms with van der Waals surface area (Å²) in [5.41, 5.74) is 7.43. The molecule has 0 saturated carbocycles. The second-order valence-corrected chi connectivity index (χ2v) is 3.40. The van der Waals surface area contributed by atoms with Crippen LogP contribution in [-0.2, 0) is 0 Å². The molecular formula is C11H14ClNO. The maximum atomic E-state index is 6.02. The fourth-order valence-corrected chi connectivity index (χ4v) is 1.67. The molecule has 0 aromatic heterocycles. The normalized spacial score (nSPS) is 10.9. The van der Waals surface area contributed by atoms with Crippen molar-refractivity contribution in [2.24, 2.45) is 5.73 Å². The first-order valence-electron chi connectivity index (χ1n) is 4.39. The molecule has 0 fully saturated rings. The Morgan fingerprint density at radius 2 is 2.21 bits per heavy atom. The summed E-state index contributed by atoms with van der Waals surface area (Å²) in [5, 5.41) is 0.629. The van der Waals surface area contributed by atoms with Crippen molar-refractivity contribution in [1.82, 2.24) is 0 Å². The molecule has 1 aromatic rings. The van der Waals surface area contributed by atoms with Gasteiger partial charge in [0.05, 0.1) is 12.1 Å². The number of benzene rings is 1. The van der Waals surface area contributed by atoms with E-state index in [1.54, 1.807) is 7.11 Å². The molecule has 0 bridgehead atoms. The Hall–Kier alpha value is -0.990. The van der Waals surface area contributed by atoms with Crippen molar-refractivity contribution in [2.45, 2.75) is 6.92 Å². The van der Waals surface area contributed by atoms with Crippen LogP contribution in [0.5, 0.6) is 5.75 Å². The summed E-state index contributed by atoms with van der Waals surface area (Å²) in [7, 11) is 1.61. The molecule has 0 atom stereocenters. The van der Waals surface area contributed by atoms with E-state index < -0.39 is 0 Å². The molecule has 2 nitrogen and oxygen atoms in total. The zero-order valence-corrected chi connectivity index (χ0v) is 9.14. The Morgan fingerprint density at radius 3 is 2.71 bits per heavy atom. The third kappa shape index (κ3) is 2.50. The lowest BCUT2D eigenvalue weighted by Gasteiger charge is -2.07. The molecule has 14 heavy (non-hydrogen) atoms. The van der Waals surface area contributed by atoms with E-state index in [9.17, 15) is 0 Å². The van der Waals surface area contributed by atoms with Gasteiger partial charge in [0.1, 0.15) is 5.75 Å². The fraction of sp³-hybridized carbons (Fsp3) is 0.273. The summed E-state index contributed by atoms with van der Waals surface area (Å²) in [6.07, 6.45) is 3.83. The van der Waals surface area contributed by atoms with Gasteiger partial charge in [0.2, 0.25) is 0 Å². The zero-order valence-electron chi connectivity index (χ0n) is 8.38. The largest absolute Gasteiger partial charge is 0.495 e. The summed E-state index contributed by atoms with van der Waals surface area (Å²) >= 11 is 6.02. The number of rotatable bonds is 3. The second kappa shape index (κ2) is 5.03. The monoisotopic (exact) mass is 211 g/mol. The molecule has 0 heterocycles. The summed E-state index contributed by atoms with van der Waals surface area (Å²) in [6.45, 7) is 2.49. The van der Waals surface area contributed by atoms with Crippen LogP contribution < -0.4 is 10.5 Å². The van der Waals surface area contributed by atoms with Gasteiger partial charge in [-0.2, -0.15) is 0 Å². The molecule has 3 heteroatoms. The lowest BCUT2D eigenvalue weighted by molar-refractivity contribution is 0.412. The van der Waals surface area contributed by atoms with E-state index in [2.05, 4.69) is 0 Å². The van der Waals surface area contributed by atoms with Gasteiger partial charge in [-0.1, -0.05) is 23.8 Å². The van der Waals surface area contributed by atoms with Gasteiger partial charge in [0, 0.05) is 6.54 Å². The fourth-order valence-electron chi connectivity index (χ4n) is 1.32. The highest BCUT2D eigenvalue weighted by Gasteiger charge is 2.04. The maximum absolute atomic E-state index is 6.02. The predicted octanol–water partition coefficient (Wildman–Crippen LogP) is 2.63. The van der Waals surface area contributed by atoms with Gasteiger partial charge in [-0.25, -0.2) is 0 Å².